The quantitative estimate of drug-likeness (QED) is 0.856. The summed E-state index contributed by atoms with van der Waals surface area (Å²) in [6.45, 7) is 9.15. The van der Waals surface area contributed by atoms with E-state index in [1.54, 1.807) is 6.92 Å². The van der Waals surface area contributed by atoms with Gasteiger partial charge >= 0.3 is 0 Å². The van der Waals surface area contributed by atoms with Gasteiger partial charge in [-0.15, -0.1) is 0 Å². The number of benzene rings is 1. The number of piperazine rings is 1. The largest absolute Gasteiger partial charge is 0.492 e. The van der Waals surface area contributed by atoms with E-state index in [2.05, 4.69) is 18.7 Å². The Balaban J connectivity index is 1.79. The summed E-state index contributed by atoms with van der Waals surface area (Å²) >= 11 is 0. The SMILES string of the molecule is CC(=O)N1[C@H](C)CN(CCOc2ccc(N)cc2)C[C@@H]1C. The van der Waals surface area contributed by atoms with Crippen molar-refractivity contribution in [3.05, 3.63) is 24.3 Å². The summed E-state index contributed by atoms with van der Waals surface area (Å²) in [5.41, 5.74) is 6.39. The van der Waals surface area contributed by atoms with Crippen LogP contribution in [0, 0.1) is 0 Å². The first-order valence-corrected chi connectivity index (χ1v) is 7.47. The molecule has 2 rings (SSSR count). The molecule has 1 amide bonds. The second kappa shape index (κ2) is 6.80. The summed E-state index contributed by atoms with van der Waals surface area (Å²) in [6, 6.07) is 7.95. The van der Waals surface area contributed by atoms with Crippen molar-refractivity contribution in [3.63, 3.8) is 0 Å². The minimum atomic E-state index is 0.160. The lowest BCUT2D eigenvalue weighted by Gasteiger charge is -2.44. The first-order valence-electron chi connectivity index (χ1n) is 7.47. The Kier molecular flexibility index (Phi) is 5.07. The number of hydrogen-bond donors (Lipinski definition) is 1. The molecule has 2 N–H and O–H groups in total. The number of carbonyl (C=O) groups excluding carboxylic acids is 1. The van der Waals surface area contributed by atoms with Crippen LogP contribution in [0.1, 0.15) is 20.8 Å². The summed E-state index contributed by atoms with van der Waals surface area (Å²) < 4.78 is 5.73. The molecule has 1 saturated heterocycles. The number of hydrogen-bond acceptors (Lipinski definition) is 4. The van der Waals surface area contributed by atoms with Crippen LogP contribution in [-0.4, -0.2) is 54.0 Å². The smallest absolute Gasteiger partial charge is 0.220 e. The molecule has 0 aliphatic carbocycles. The van der Waals surface area contributed by atoms with Crippen molar-refractivity contribution >= 4 is 11.6 Å². The molecule has 1 aliphatic heterocycles. The Labute approximate surface area is 126 Å². The Morgan fingerprint density at radius 3 is 2.33 bits per heavy atom. The number of nitrogens with zero attached hydrogens (tertiary/aromatic N) is 2. The number of anilines is 1. The summed E-state index contributed by atoms with van der Waals surface area (Å²) in [6.07, 6.45) is 0. The summed E-state index contributed by atoms with van der Waals surface area (Å²) in [7, 11) is 0. The van der Waals surface area contributed by atoms with Crippen LogP contribution in [0.2, 0.25) is 0 Å². The molecule has 21 heavy (non-hydrogen) atoms. The molecule has 1 fully saturated rings. The van der Waals surface area contributed by atoms with Crippen LogP contribution >= 0.6 is 0 Å². The van der Waals surface area contributed by atoms with Gasteiger partial charge in [0, 0.05) is 44.3 Å². The highest BCUT2D eigenvalue weighted by Gasteiger charge is 2.30. The van der Waals surface area contributed by atoms with Gasteiger partial charge < -0.3 is 15.4 Å². The first kappa shape index (κ1) is 15.6. The number of amides is 1. The molecular weight excluding hydrogens is 266 g/mol. The number of ether oxygens (including phenoxy) is 1. The molecule has 0 saturated carbocycles. The van der Waals surface area contributed by atoms with E-state index in [0.717, 1.165) is 31.1 Å². The fourth-order valence-electron chi connectivity index (χ4n) is 3.09. The van der Waals surface area contributed by atoms with Crippen LogP contribution in [0.5, 0.6) is 5.75 Å². The van der Waals surface area contributed by atoms with Crippen LogP contribution in [0.3, 0.4) is 0 Å². The highest BCUT2D eigenvalue weighted by atomic mass is 16.5. The predicted octanol–water partition coefficient (Wildman–Crippen LogP) is 1.59. The second-order valence-corrected chi connectivity index (χ2v) is 5.80. The van der Waals surface area contributed by atoms with Gasteiger partial charge in [-0.2, -0.15) is 0 Å². The number of nitrogen functional groups attached to an aromatic ring is 1. The maximum atomic E-state index is 11.6. The van der Waals surface area contributed by atoms with E-state index in [4.69, 9.17) is 10.5 Å². The van der Waals surface area contributed by atoms with E-state index >= 15 is 0 Å². The lowest BCUT2D eigenvalue weighted by molar-refractivity contribution is -0.136. The average Bonchev–Trinajstić information content (AvgIpc) is 2.40. The highest BCUT2D eigenvalue weighted by Crippen LogP contribution is 2.16. The van der Waals surface area contributed by atoms with Gasteiger partial charge in [0.25, 0.3) is 0 Å². The molecule has 2 atom stereocenters. The van der Waals surface area contributed by atoms with Crippen molar-refractivity contribution in [2.75, 3.05) is 32.0 Å². The van der Waals surface area contributed by atoms with Gasteiger partial charge in [-0.25, -0.2) is 0 Å². The van der Waals surface area contributed by atoms with Crippen molar-refractivity contribution in [1.29, 1.82) is 0 Å². The topological polar surface area (TPSA) is 58.8 Å². The van der Waals surface area contributed by atoms with E-state index in [1.807, 2.05) is 29.2 Å². The van der Waals surface area contributed by atoms with Crippen molar-refractivity contribution < 1.29 is 9.53 Å². The van der Waals surface area contributed by atoms with Crippen LogP contribution in [0.4, 0.5) is 5.69 Å². The molecule has 0 radical (unpaired) electrons. The maximum Gasteiger partial charge on any atom is 0.220 e. The molecule has 5 heteroatoms. The van der Waals surface area contributed by atoms with Gasteiger partial charge in [0.05, 0.1) is 0 Å². The standard InChI is InChI=1S/C16H25N3O2/c1-12-10-18(11-13(2)19(12)14(3)20)8-9-21-16-6-4-15(17)5-7-16/h4-7,12-13H,8-11,17H2,1-3H3/t12-,13+. The Morgan fingerprint density at radius 2 is 1.81 bits per heavy atom. The summed E-state index contributed by atoms with van der Waals surface area (Å²) in [5, 5.41) is 0. The van der Waals surface area contributed by atoms with E-state index in [9.17, 15) is 4.79 Å². The average molecular weight is 291 g/mol. The lowest BCUT2D eigenvalue weighted by Crippen LogP contribution is -2.58. The van der Waals surface area contributed by atoms with Crippen molar-refractivity contribution in [1.82, 2.24) is 9.80 Å². The van der Waals surface area contributed by atoms with Crippen LogP contribution < -0.4 is 10.5 Å². The third-order valence-corrected chi connectivity index (χ3v) is 3.91. The second-order valence-electron chi connectivity index (χ2n) is 5.80. The molecular formula is C16H25N3O2. The molecule has 1 aromatic carbocycles. The number of carbonyl (C=O) groups is 1. The van der Waals surface area contributed by atoms with E-state index in [0.29, 0.717) is 6.61 Å². The van der Waals surface area contributed by atoms with E-state index < -0.39 is 0 Å². The van der Waals surface area contributed by atoms with Crippen molar-refractivity contribution in [3.8, 4) is 5.75 Å². The van der Waals surface area contributed by atoms with E-state index in [-0.39, 0.29) is 18.0 Å². The molecule has 116 valence electrons. The molecule has 1 heterocycles. The lowest BCUT2D eigenvalue weighted by atomic mass is 10.1. The zero-order valence-electron chi connectivity index (χ0n) is 13.1. The zero-order chi connectivity index (χ0) is 15.4. The highest BCUT2D eigenvalue weighted by molar-refractivity contribution is 5.74. The first-order chi connectivity index (χ1) is 9.97. The molecule has 1 aliphatic rings. The zero-order valence-corrected chi connectivity index (χ0v) is 13.1. The molecule has 0 bridgehead atoms. The van der Waals surface area contributed by atoms with Gasteiger partial charge in [0.2, 0.25) is 5.91 Å². The fourth-order valence-corrected chi connectivity index (χ4v) is 3.09. The third-order valence-electron chi connectivity index (χ3n) is 3.91. The van der Waals surface area contributed by atoms with Crippen LogP contribution in [-0.2, 0) is 4.79 Å². The van der Waals surface area contributed by atoms with E-state index in [1.165, 1.54) is 0 Å². The fraction of sp³-hybridized carbons (Fsp3) is 0.562. The van der Waals surface area contributed by atoms with Crippen LogP contribution in [0.15, 0.2) is 24.3 Å². The van der Waals surface area contributed by atoms with Crippen molar-refractivity contribution in [2.24, 2.45) is 0 Å². The normalized spacial score (nSPS) is 23.1. The maximum absolute atomic E-state index is 11.6. The molecule has 0 spiro atoms. The molecule has 0 aromatic heterocycles. The Bertz CT molecular complexity index is 463. The molecule has 1 aromatic rings. The third kappa shape index (κ3) is 4.11. The Morgan fingerprint density at radius 1 is 1.24 bits per heavy atom. The van der Waals surface area contributed by atoms with Crippen LogP contribution in [0.25, 0.3) is 0 Å². The number of nitrogens with two attached hydrogens (primary N) is 1. The van der Waals surface area contributed by atoms with Gasteiger partial charge in [-0.1, -0.05) is 0 Å². The monoisotopic (exact) mass is 291 g/mol. The van der Waals surface area contributed by atoms with Gasteiger partial charge in [0.15, 0.2) is 0 Å². The van der Waals surface area contributed by atoms with Gasteiger partial charge in [-0.05, 0) is 38.1 Å². The number of rotatable bonds is 4. The summed E-state index contributed by atoms with van der Waals surface area (Å²) in [5.74, 6) is 1.00. The molecule has 5 nitrogen and oxygen atoms in total. The predicted molar refractivity (Wildman–Crippen MR) is 84.2 cm³/mol. The van der Waals surface area contributed by atoms with Gasteiger partial charge in [0.1, 0.15) is 12.4 Å². The minimum absolute atomic E-state index is 0.160. The van der Waals surface area contributed by atoms with Crippen molar-refractivity contribution in [2.45, 2.75) is 32.9 Å². The van der Waals surface area contributed by atoms with Gasteiger partial charge in [-0.3, -0.25) is 9.69 Å². The Hall–Kier alpha value is -1.75. The molecule has 0 unspecified atom stereocenters. The minimum Gasteiger partial charge on any atom is -0.492 e. The summed E-state index contributed by atoms with van der Waals surface area (Å²) in [4.78, 5) is 15.9.